The van der Waals surface area contributed by atoms with Crippen molar-refractivity contribution in [2.24, 2.45) is 0 Å². The van der Waals surface area contributed by atoms with E-state index in [2.05, 4.69) is 4.74 Å². The Bertz CT molecular complexity index is 374. The molecule has 88 valence electrons. The first kappa shape index (κ1) is 12.2. The van der Waals surface area contributed by atoms with E-state index in [1.54, 1.807) is 12.1 Å². The van der Waals surface area contributed by atoms with Gasteiger partial charge in [-0.3, -0.25) is 0 Å². The molecule has 5 heteroatoms. The molecule has 0 spiro atoms. The minimum Gasteiger partial charge on any atom is -0.503 e. The highest BCUT2D eigenvalue weighted by molar-refractivity contribution is 5.69. The third kappa shape index (κ3) is 2.56. The van der Waals surface area contributed by atoms with Crippen LogP contribution in [0.1, 0.15) is 13.8 Å². The summed E-state index contributed by atoms with van der Waals surface area (Å²) < 4.78 is 4.46. The molecule has 1 aromatic rings. The molecule has 16 heavy (non-hydrogen) atoms. The van der Waals surface area contributed by atoms with E-state index in [0.29, 0.717) is 5.69 Å². The molecule has 0 aliphatic rings. The van der Waals surface area contributed by atoms with Crippen LogP contribution in [0, 0.1) is 0 Å². The SMILES string of the molecule is CCN(CC)c1cccc(OC(=O)O)c1O. The van der Waals surface area contributed by atoms with Crippen molar-refractivity contribution in [2.45, 2.75) is 13.8 Å². The average Bonchev–Trinajstić information content (AvgIpc) is 2.24. The summed E-state index contributed by atoms with van der Waals surface area (Å²) in [5.41, 5.74) is 0.573. The second kappa shape index (κ2) is 5.25. The van der Waals surface area contributed by atoms with Gasteiger partial charge in [0.1, 0.15) is 0 Å². The topological polar surface area (TPSA) is 70.0 Å². The Labute approximate surface area is 93.9 Å². The number of hydrogen-bond donors (Lipinski definition) is 2. The van der Waals surface area contributed by atoms with E-state index in [9.17, 15) is 9.90 Å². The van der Waals surface area contributed by atoms with Gasteiger partial charge >= 0.3 is 6.16 Å². The van der Waals surface area contributed by atoms with Crippen molar-refractivity contribution in [3.8, 4) is 11.5 Å². The quantitative estimate of drug-likeness (QED) is 0.607. The Morgan fingerprint density at radius 1 is 1.38 bits per heavy atom. The average molecular weight is 225 g/mol. The molecule has 0 heterocycles. The second-order valence-corrected chi connectivity index (χ2v) is 3.16. The number of hydrogen-bond acceptors (Lipinski definition) is 4. The summed E-state index contributed by atoms with van der Waals surface area (Å²) >= 11 is 0. The maximum Gasteiger partial charge on any atom is 0.511 e. The van der Waals surface area contributed by atoms with Crippen LogP contribution in [0.25, 0.3) is 0 Å². The molecule has 1 rings (SSSR count). The number of anilines is 1. The van der Waals surface area contributed by atoms with E-state index in [1.807, 2.05) is 18.7 Å². The van der Waals surface area contributed by atoms with Gasteiger partial charge in [0.05, 0.1) is 5.69 Å². The Hall–Kier alpha value is -1.91. The van der Waals surface area contributed by atoms with Crippen LogP contribution >= 0.6 is 0 Å². The fourth-order valence-electron chi connectivity index (χ4n) is 1.51. The van der Waals surface area contributed by atoms with Gasteiger partial charge in [-0.05, 0) is 26.0 Å². The number of para-hydroxylation sites is 1. The van der Waals surface area contributed by atoms with Gasteiger partial charge in [0.2, 0.25) is 0 Å². The summed E-state index contributed by atoms with van der Waals surface area (Å²) in [6, 6.07) is 4.78. The molecule has 0 aliphatic carbocycles. The van der Waals surface area contributed by atoms with Crippen molar-refractivity contribution in [1.82, 2.24) is 0 Å². The van der Waals surface area contributed by atoms with E-state index in [0.717, 1.165) is 13.1 Å². The van der Waals surface area contributed by atoms with Gasteiger partial charge in [0.15, 0.2) is 11.5 Å². The van der Waals surface area contributed by atoms with Gasteiger partial charge in [0, 0.05) is 13.1 Å². The molecule has 0 fully saturated rings. The highest BCUT2D eigenvalue weighted by Gasteiger charge is 2.14. The van der Waals surface area contributed by atoms with Gasteiger partial charge < -0.3 is 19.8 Å². The molecule has 0 radical (unpaired) electrons. The van der Waals surface area contributed by atoms with Crippen molar-refractivity contribution in [2.75, 3.05) is 18.0 Å². The molecule has 0 aliphatic heterocycles. The number of phenolic OH excluding ortho intramolecular Hbond substituents is 1. The van der Waals surface area contributed by atoms with Gasteiger partial charge in [-0.1, -0.05) is 6.07 Å². The van der Waals surface area contributed by atoms with E-state index in [1.165, 1.54) is 6.07 Å². The maximum absolute atomic E-state index is 10.4. The monoisotopic (exact) mass is 225 g/mol. The number of benzene rings is 1. The summed E-state index contributed by atoms with van der Waals surface area (Å²) in [7, 11) is 0. The number of aromatic hydroxyl groups is 1. The molecule has 0 saturated carbocycles. The van der Waals surface area contributed by atoms with Crippen molar-refractivity contribution in [3.05, 3.63) is 18.2 Å². The Kier molecular flexibility index (Phi) is 3.99. The summed E-state index contributed by atoms with van der Waals surface area (Å²) in [5, 5.41) is 18.3. The molecular formula is C11H15NO4. The molecule has 2 N–H and O–H groups in total. The van der Waals surface area contributed by atoms with Crippen LogP contribution in [-0.4, -0.2) is 29.5 Å². The number of carboxylic acid groups (broad SMARTS) is 1. The minimum atomic E-state index is -1.44. The molecule has 0 atom stereocenters. The van der Waals surface area contributed by atoms with Crippen molar-refractivity contribution in [1.29, 1.82) is 0 Å². The lowest BCUT2D eigenvalue weighted by atomic mass is 10.2. The Morgan fingerprint density at radius 3 is 2.50 bits per heavy atom. The number of phenols is 1. The van der Waals surface area contributed by atoms with Crippen LogP contribution in [-0.2, 0) is 0 Å². The lowest BCUT2D eigenvalue weighted by Crippen LogP contribution is -2.22. The number of carbonyl (C=O) groups is 1. The lowest BCUT2D eigenvalue weighted by Gasteiger charge is -2.22. The third-order valence-corrected chi connectivity index (χ3v) is 2.28. The molecular weight excluding hydrogens is 210 g/mol. The minimum absolute atomic E-state index is 0.0445. The van der Waals surface area contributed by atoms with Crippen LogP contribution in [0.5, 0.6) is 11.5 Å². The maximum atomic E-state index is 10.4. The smallest absolute Gasteiger partial charge is 0.503 e. The van der Waals surface area contributed by atoms with Crippen LogP contribution in [0.4, 0.5) is 10.5 Å². The predicted octanol–water partition coefficient (Wildman–Crippen LogP) is 2.30. The number of nitrogens with zero attached hydrogens (tertiary/aromatic N) is 1. The van der Waals surface area contributed by atoms with Gasteiger partial charge in [-0.15, -0.1) is 0 Å². The largest absolute Gasteiger partial charge is 0.511 e. The van der Waals surface area contributed by atoms with Crippen LogP contribution in [0.15, 0.2) is 18.2 Å². The molecule has 5 nitrogen and oxygen atoms in total. The fourth-order valence-corrected chi connectivity index (χ4v) is 1.51. The van der Waals surface area contributed by atoms with Gasteiger partial charge in [0.25, 0.3) is 0 Å². The number of rotatable bonds is 4. The highest BCUT2D eigenvalue weighted by atomic mass is 16.7. The number of ether oxygens (including phenoxy) is 1. The normalized spacial score (nSPS) is 9.88. The van der Waals surface area contributed by atoms with Gasteiger partial charge in [-0.2, -0.15) is 0 Å². The Morgan fingerprint density at radius 2 is 2.00 bits per heavy atom. The van der Waals surface area contributed by atoms with E-state index in [-0.39, 0.29) is 11.5 Å². The fraction of sp³-hybridized carbons (Fsp3) is 0.364. The standard InChI is InChI=1S/C11H15NO4/c1-3-12(4-2)8-6-5-7-9(10(8)13)16-11(14)15/h5-7,13H,3-4H2,1-2H3,(H,14,15). The first-order chi connectivity index (χ1) is 7.60. The van der Waals surface area contributed by atoms with Crippen LogP contribution < -0.4 is 9.64 Å². The Balaban J connectivity index is 3.07. The predicted molar refractivity (Wildman–Crippen MR) is 60.3 cm³/mol. The van der Waals surface area contributed by atoms with E-state index >= 15 is 0 Å². The molecule has 0 aromatic heterocycles. The van der Waals surface area contributed by atoms with E-state index in [4.69, 9.17) is 5.11 Å². The van der Waals surface area contributed by atoms with Crippen molar-refractivity contribution in [3.63, 3.8) is 0 Å². The first-order valence-corrected chi connectivity index (χ1v) is 5.07. The second-order valence-electron chi connectivity index (χ2n) is 3.16. The van der Waals surface area contributed by atoms with Crippen molar-refractivity contribution >= 4 is 11.8 Å². The zero-order valence-electron chi connectivity index (χ0n) is 9.30. The van der Waals surface area contributed by atoms with Gasteiger partial charge in [-0.25, -0.2) is 4.79 Å². The molecule has 0 bridgehead atoms. The summed E-state index contributed by atoms with van der Waals surface area (Å²) in [4.78, 5) is 12.3. The van der Waals surface area contributed by atoms with Crippen LogP contribution in [0.2, 0.25) is 0 Å². The van der Waals surface area contributed by atoms with E-state index < -0.39 is 6.16 Å². The van der Waals surface area contributed by atoms with Crippen LogP contribution in [0.3, 0.4) is 0 Å². The highest BCUT2D eigenvalue weighted by Crippen LogP contribution is 2.36. The molecule has 1 aromatic carbocycles. The summed E-state index contributed by atoms with van der Waals surface area (Å²) in [5.74, 6) is -0.189. The first-order valence-electron chi connectivity index (χ1n) is 5.07. The molecule has 0 unspecified atom stereocenters. The summed E-state index contributed by atoms with van der Waals surface area (Å²) in [6.45, 7) is 5.35. The molecule has 0 saturated heterocycles. The summed E-state index contributed by atoms with van der Waals surface area (Å²) in [6.07, 6.45) is -1.44. The van der Waals surface area contributed by atoms with Crippen molar-refractivity contribution < 1.29 is 19.7 Å². The lowest BCUT2D eigenvalue weighted by molar-refractivity contribution is 0.143. The third-order valence-electron chi connectivity index (χ3n) is 2.28. The zero-order valence-corrected chi connectivity index (χ0v) is 9.30. The molecule has 0 amide bonds. The zero-order chi connectivity index (χ0) is 12.1.